The minimum Gasteiger partial charge on any atom is -0.459 e. The van der Waals surface area contributed by atoms with Crippen LogP contribution in [0.25, 0.3) is 0 Å². The van der Waals surface area contributed by atoms with Crippen LogP contribution in [0, 0.1) is 0 Å². The minimum atomic E-state index is -3.19. The SMILES string of the molecule is O=C(N[C@@H]1CS(=O)(=O)C[C@@H]1N1CCCCC1)c1cccc(NC(=O)c2ccco2)c1. The molecule has 4 rings (SSSR count). The number of nitrogens with zero attached hydrogens (tertiary/aromatic N) is 1. The lowest BCUT2D eigenvalue weighted by Crippen LogP contribution is -2.52. The van der Waals surface area contributed by atoms with Crippen LogP contribution in [0.1, 0.15) is 40.2 Å². The zero-order valence-corrected chi connectivity index (χ0v) is 17.4. The van der Waals surface area contributed by atoms with Gasteiger partial charge in [-0.05, 0) is 56.3 Å². The number of piperidine rings is 1. The van der Waals surface area contributed by atoms with E-state index in [9.17, 15) is 18.0 Å². The highest BCUT2D eigenvalue weighted by Crippen LogP contribution is 2.23. The summed E-state index contributed by atoms with van der Waals surface area (Å²) in [5.41, 5.74) is 0.810. The van der Waals surface area contributed by atoms with Gasteiger partial charge in [0.05, 0.1) is 23.8 Å². The predicted octanol–water partition coefficient (Wildman–Crippen LogP) is 1.91. The topological polar surface area (TPSA) is 109 Å². The average molecular weight is 432 g/mol. The molecule has 1 aromatic carbocycles. The van der Waals surface area contributed by atoms with Gasteiger partial charge in [-0.15, -0.1) is 0 Å². The second-order valence-corrected chi connectivity index (χ2v) is 9.99. The number of carbonyl (C=O) groups excluding carboxylic acids is 2. The molecule has 2 aliphatic rings. The molecule has 2 amide bonds. The summed E-state index contributed by atoms with van der Waals surface area (Å²) in [4.78, 5) is 27.2. The standard InChI is InChI=1S/C21H25N3O5S/c25-20(15-6-4-7-16(12-15)22-21(26)19-8-5-11-29-19)23-17-13-30(27,28)14-18(17)24-9-2-1-3-10-24/h4-8,11-12,17-18H,1-3,9-10,13-14H2,(H,22,26)(H,23,25)/t17-,18+/m1/s1. The Labute approximate surface area is 175 Å². The van der Waals surface area contributed by atoms with E-state index in [0.29, 0.717) is 11.3 Å². The van der Waals surface area contributed by atoms with E-state index in [1.807, 2.05) is 0 Å². The van der Waals surface area contributed by atoms with E-state index in [1.165, 1.54) is 6.26 Å². The van der Waals surface area contributed by atoms with Crippen LogP contribution in [0.4, 0.5) is 5.69 Å². The third kappa shape index (κ3) is 4.73. The van der Waals surface area contributed by atoms with Gasteiger partial charge in [-0.3, -0.25) is 14.5 Å². The Hall–Kier alpha value is -2.65. The highest BCUT2D eigenvalue weighted by Gasteiger charge is 2.42. The molecule has 2 saturated heterocycles. The van der Waals surface area contributed by atoms with Crippen LogP contribution in [-0.4, -0.2) is 61.8 Å². The van der Waals surface area contributed by atoms with Gasteiger partial charge in [-0.25, -0.2) is 8.42 Å². The van der Waals surface area contributed by atoms with Crippen LogP contribution in [0.3, 0.4) is 0 Å². The molecule has 2 aromatic rings. The van der Waals surface area contributed by atoms with Crippen LogP contribution in [0.15, 0.2) is 47.1 Å². The third-order valence-electron chi connectivity index (χ3n) is 5.63. The van der Waals surface area contributed by atoms with Gasteiger partial charge in [0.15, 0.2) is 15.6 Å². The van der Waals surface area contributed by atoms with Crippen molar-refractivity contribution in [3.63, 3.8) is 0 Å². The number of nitrogens with one attached hydrogen (secondary N) is 2. The maximum atomic E-state index is 12.9. The number of sulfone groups is 1. The Balaban J connectivity index is 1.45. The van der Waals surface area contributed by atoms with E-state index >= 15 is 0 Å². The molecule has 3 heterocycles. The van der Waals surface area contributed by atoms with Gasteiger partial charge < -0.3 is 15.1 Å². The van der Waals surface area contributed by atoms with E-state index in [2.05, 4.69) is 15.5 Å². The summed E-state index contributed by atoms with van der Waals surface area (Å²) < 4.78 is 29.6. The molecule has 0 radical (unpaired) electrons. The number of furan rings is 1. The van der Waals surface area contributed by atoms with E-state index in [4.69, 9.17) is 4.42 Å². The molecule has 2 aliphatic heterocycles. The highest BCUT2D eigenvalue weighted by atomic mass is 32.2. The fourth-order valence-electron chi connectivity index (χ4n) is 4.17. The molecule has 2 fully saturated rings. The average Bonchev–Trinajstić information content (AvgIpc) is 3.37. The molecule has 9 heteroatoms. The number of rotatable bonds is 5. The number of hydrogen-bond donors (Lipinski definition) is 2. The van der Waals surface area contributed by atoms with Crippen molar-refractivity contribution in [1.29, 1.82) is 0 Å². The first-order chi connectivity index (χ1) is 14.4. The van der Waals surface area contributed by atoms with Gasteiger partial charge in [0.2, 0.25) is 0 Å². The zero-order chi connectivity index (χ0) is 21.1. The Kier molecular flexibility index (Phi) is 5.92. The Bertz CT molecular complexity index is 1010. The monoisotopic (exact) mass is 431 g/mol. The normalized spacial score (nSPS) is 23.7. The Morgan fingerprint density at radius 2 is 1.80 bits per heavy atom. The number of amides is 2. The van der Waals surface area contributed by atoms with Crippen LogP contribution in [0.5, 0.6) is 0 Å². The van der Waals surface area contributed by atoms with E-state index in [-0.39, 0.29) is 29.2 Å². The molecule has 1 aromatic heterocycles. The summed E-state index contributed by atoms with van der Waals surface area (Å²) in [6.07, 6.45) is 4.67. The van der Waals surface area contributed by atoms with Gasteiger partial charge in [0.25, 0.3) is 11.8 Å². The third-order valence-corrected chi connectivity index (χ3v) is 7.34. The van der Waals surface area contributed by atoms with E-state index in [0.717, 1.165) is 32.4 Å². The molecule has 30 heavy (non-hydrogen) atoms. The fourth-order valence-corrected chi connectivity index (χ4v) is 6.12. The molecule has 0 saturated carbocycles. The first-order valence-corrected chi connectivity index (χ1v) is 11.9. The number of benzene rings is 1. The van der Waals surface area contributed by atoms with Gasteiger partial charge in [-0.1, -0.05) is 12.5 Å². The molecule has 2 N–H and O–H groups in total. The quantitative estimate of drug-likeness (QED) is 0.749. The minimum absolute atomic E-state index is 0.0468. The maximum absolute atomic E-state index is 12.9. The first kappa shape index (κ1) is 20.6. The second kappa shape index (κ2) is 8.61. The molecular formula is C21H25N3O5S. The van der Waals surface area contributed by atoms with E-state index in [1.54, 1.807) is 36.4 Å². The number of hydrogen-bond acceptors (Lipinski definition) is 6. The first-order valence-electron chi connectivity index (χ1n) is 10.1. The van der Waals surface area contributed by atoms with Gasteiger partial charge in [-0.2, -0.15) is 0 Å². The number of likely N-dealkylation sites (tertiary alicyclic amines) is 1. The Morgan fingerprint density at radius 1 is 1.00 bits per heavy atom. The summed E-state index contributed by atoms with van der Waals surface area (Å²) in [6.45, 7) is 1.72. The molecule has 0 aliphatic carbocycles. The summed E-state index contributed by atoms with van der Waals surface area (Å²) in [5.74, 6) is -0.561. The lowest BCUT2D eigenvalue weighted by molar-refractivity contribution is 0.0899. The summed E-state index contributed by atoms with van der Waals surface area (Å²) in [7, 11) is -3.19. The lowest BCUT2D eigenvalue weighted by atomic mass is 10.0. The highest BCUT2D eigenvalue weighted by molar-refractivity contribution is 7.91. The van der Waals surface area contributed by atoms with Crippen molar-refractivity contribution in [2.75, 3.05) is 29.9 Å². The second-order valence-electron chi connectivity index (χ2n) is 7.83. The summed E-state index contributed by atoms with van der Waals surface area (Å²) >= 11 is 0. The number of anilines is 1. The molecule has 8 nitrogen and oxygen atoms in total. The van der Waals surface area contributed by atoms with Crippen LogP contribution in [-0.2, 0) is 9.84 Å². The Morgan fingerprint density at radius 3 is 2.53 bits per heavy atom. The van der Waals surface area contributed by atoms with Crippen molar-refractivity contribution in [2.45, 2.75) is 31.3 Å². The van der Waals surface area contributed by atoms with Gasteiger partial charge in [0.1, 0.15) is 0 Å². The van der Waals surface area contributed by atoms with Crippen LogP contribution < -0.4 is 10.6 Å². The molecule has 160 valence electrons. The summed E-state index contributed by atoms with van der Waals surface area (Å²) in [5, 5.41) is 5.61. The van der Waals surface area contributed by atoms with Crippen molar-refractivity contribution in [1.82, 2.24) is 10.2 Å². The zero-order valence-electron chi connectivity index (χ0n) is 16.5. The molecule has 0 unspecified atom stereocenters. The largest absolute Gasteiger partial charge is 0.459 e. The summed E-state index contributed by atoms with van der Waals surface area (Å²) in [6, 6.07) is 9.07. The maximum Gasteiger partial charge on any atom is 0.291 e. The molecule has 0 bridgehead atoms. The van der Waals surface area contributed by atoms with Crippen molar-refractivity contribution < 1.29 is 22.4 Å². The smallest absolute Gasteiger partial charge is 0.291 e. The van der Waals surface area contributed by atoms with Crippen molar-refractivity contribution in [2.24, 2.45) is 0 Å². The van der Waals surface area contributed by atoms with Gasteiger partial charge in [0, 0.05) is 17.3 Å². The van der Waals surface area contributed by atoms with Crippen LogP contribution in [0.2, 0.25) is 0 Å². The molecular weight excluding hydrogens is 406 g/mol. The van der Waals surface area contributed by atoms with Crippen molar-refractivity contribution in [3.8, 4) is 0 Å². The van der Waals surface area contributed by atoms with Crippen LogP contribution >= 0.6 is 0 Å². The molecule has 0 spiro atoms. The van der Waals surface area contributed by atoms with E-state index < -0.39 is 21.8 Å². The fraction of sp³-hybridized carbons (Fsp3) is 0.429. The lowest BCUT2D eigenvalue weighted by Gasteiger charge is -2.35. The molecule has 2 atom stereocenters. The van der Waals surface area contributed by atoms with Crippen molar-refractivity contribution >= 4 is 27.3 Å². The van der Waals surface area contributed by atoms with Gasteiger partial charge >= 0.3 is 0 Å². The number of carbonyl (C=O) groups is 2. The van der Waals surface area contributed by atoms with Crippen molar-refractivity contribution in [3.05, 3.63) is 54.0 Å². The predicted molar refractivity (Wildman–Crippen MR) is 112 cm³/mol.